The van der Waals surface area contributed by atoms with Crippen molar-refractivity contribution in [2.24, 2.45) is 0 Å². The van der Waals surface area contributed by atoms with E-state index in [0.29, 0.717) is 11.4 Å². The lowest BCUT2D eigenvalue weighted by Crippen LogP contribution is -2.25. The summed E-state index contributed by atoms with van der Waals surface area (Å²) in [4.78, 5) is 16.6. The van der Waals surface area contributed by atoms with E-state index in [-0.39, 0.29) is 6.54 Å². The van der Waals surface area contributed by atoms with E-state index < -0.39 is 5.97 Å². The van der Waals surface area contributed by atoms with Crippen LogP contribution in [0.2, 0.25) is 0 Å². The van der Waals surface area contributed by atoms with Gasteiger partial charge in [-0.15, -0.1) is 11.3 Å². The van der Waals surface area contributed by atoms with Gasteiger partial charge in [0.15, 0.2) is 0 Å². The number of anilines is 2. The Labute approximate surface area is 102 Å². The molecule has 0 unspecified atom stereocenters. The van der Waals surface area contributed by atoms with E-state index in [0.717, 1.165) is 15.2 Å². The van der Waals surface area contributed by atoms with E-state index in [4.69, 9.17) is 10.8 Å². The number of aromatic nitrogens is 1. The number of likely N-dealkylation sites (N-methyl/N-ethyl adjacent to an activating group) is 1. The van der Waals surface area contributed by atoms with Gasteiger partial charge in [0, 0.05) is 7.05 Å². The van der Waals surface area contributed by atoms with Crippen LogP contribution < -0.4 is 10.6 Å². The Morgan fingerprint density at radius 2 is 2.29 bits per heavy atom. The van der Waals surface area contributed by atoms with Crippen LogP contribution in [0.15, 0.2) is 12.1 Å². The van der Waals surface area contributed by atoms with Crippen molar-refractivity contribution < 1.29 is 9.90 Å². The number of nitrogen functional groups attached to an aromatic ring is 1. The van der Waals surface area contributed by atoms with Gasteiger partial charge in [-0.3, -0.25) is 4.79 Å². The van der Waals surface area contributed by atoms with Gasteiger partial charge in [0.25, 0.3) is 0 Å². The predicted molar refractivity (Wildman–Crippen MR) is 69.7 cm³/mol. The monoisotopic (exact) mass is 251 g/mol. The van der Waals surface area contributed by atoms with Gasteiger partial charge < -0.3 is 15.7 Å². The zero-order valence-electron chi connectivity index (χ0n) is 9.60. The minimum absolute atomic E-state index is 0.0845. The molecular weight excluding hydrogens is 238 g/mol. The number of hydrogen-bond acceptors (Lipinski definition) is 5. The number of carboxylic acid groups (broad SMARTS) is 1. The summed E-state index contributed by atoms with van der Waals surface area (Å²) in [5.41, 5.74) is 8.05. The van der Waals surface area contributed by atoms with Gasteiger partial charge in [0.05, 0.1) is 26.6 Å². The number of aliphatic carboxylic acids is 1. The topological polar surface area (TPSA) is 79.5 Å². The Hall–Kier alpha value is -1.82. The minimum atomic E-state index is -0.888. The molecule has 0 aliphatic rings. The molecule has 0 fully saturated rings. The fraction of sp³-hybridized carbons (Fsp3) is 0.273. The molecule has 6 heteroatoms. The number of hydrogen-bond donors (Lipinski definition) is 2. The molecule has 0 saturated carbocycles. The summed E-state index contributed by atoms with van der Waals surface area (Å²) in [6, 6.07) is 3.67. The number of thiazole rings is 1. The molecule has 0 saturated heterocycles. The third-order valence-corrected chi connectivity index (χ3v) is 3.36. The van der Waals surface area contributed by atoms with E-state index in [1.165, 1.54) is 0 Å². The quantitative estimate of drug-likeness (QED) is 0.812. The van der Waals surface area contributed by atoms with Crippen molar-refractivity contribution in [3.8, 4) is 0 Å². The third-order valence-electron chi connectivity index (χ3n) is 2.43. The van der Waals surface area contributed by atoms with Crippen LogP contribution in [-0.2, 0) is 4.79 Å². The van der Waals surface area contributed by atoms with E-state index in [2.05, 4.69) is 4.98 Å². The van der Waals surface area contributed by atoms with Crippen LogP contribution in [0.25, 0.3) is 10.2 Å². The summed E-state index contributed by atoms with van der Waals surface area (Å²) >= 11 is 1.57. The highest BCUT2D eigenvalue weighted by atomic mass is 32.1. The van der Waals surface area contributed by atoms with Crippen molar-refractivity contribution in [1.82, 2.24) is 4.98 Å². The smallest absolute Gasteiger partial charge is 0.323 e. The molecule has 5 nitrogen and oxygen atoms in total. The number of carboxylic acids is 1. The first kappa shape index (κ1) is 11.7. The fourth-order valence-corrected chi connectivity index (χ4v) is 2.57. The highest BCUT2D eigenvalue weighted by molar-refractivity contribution is 7.18. The summed E-state index contributed by atoms with van der Waals surface area (Å²) in [6.45, 7) is 1.85. The van der Waals surface area contributed by atoms with E-state index >= 15 is 0 Å². The molecule has 0 aliphatic carbocycles. The zero-order chi connectivity index (χ0) is 12.6. The van der Waals surface area contributed by atoms with Gasteiger partial charge in [-0.2, -0.15) is 0 Å². The van der Waals surface area contributed by atoms with Crippen molar-refractivity contribution in [3.63, 3.8) is 0 Å². The van der Waals surface area contributed by atoms with E-state index in [1.54, 1.807) is 23.3 Å². The number of nitrogens with zero attached hydrogens (tertiary/aromatic N) is 2. The molecule has 3 N–H and O–H groups in total. The Morgan fingerprint density at radius 1 is 1.59 bits per heavy atom. The highest BCUT2D eigenvalue weighted by Crippen LogP contribution is 2.31. The van der Waals surface area contributed by atoms with Crippen LogP contribution in [0, 0.1) is 6.92 Å². The third kappa shape index (κ3) is 2.31. The Balaban J connectivity index is 2.46. The minimum Gasteiger partial charge on any atom is -0.480 e. The first-order valence-corrected chi connectivity index (χ1v) is 5.88. The van der Waals surface area contributed by atoms with Crippen LogP contribution in [-0.4, -0.2) is 29.7 Å². The molecule has 90 valence electrons. The highest BCUT2D eigenvalue weighted by Gasteiger charge is 2.11. The number of benzene rings is 1. The molecule has 2 aromatic rings. The lowest BCUT2D eigenvalue weighted by Gasteiger charge is -2.18. The number of fused-ring (bicyclic) bond motifs is 1. The molecular formula is C11H13N3O2S. The second kappa shape index (κ2) is 4.21. The van der Waals surface area contributed by atoms with Crippen molar-refractivity contribution in [3.05, 3.63) is 17.1 Å². The van der Waals surface area contributed by atoms with Gasteiger partial charge in [0.2, 0.25) is 0 Å². The number of rotatable bonds is 3. The first-order chi connectivity index (χ1) is 7.97. The lowest BCUT2D eigenvalue weighted by molar-refractivity contribution is -0.135. The van der Waals surface area contributed by atoms with Crippen LogP contribution in [0.3, 0.4) is 0 Å². The van der Waals surface area contributed by atoms with E-state index in [1.807, 2.05) is 19.1 Å². The summed E-state index contributed by atoms with van der Waals surface area (Å²) in [7, 11) is 1.70. The molecule has 0 bridgehead atoms. The second-order valence-corrected chi connectivity index (χ2v) is 5.10. The molecule has 2 rings (SSSR count). The average Bonchev–Trinajstić information content (AvgIpc) is 2.54. The van der Waals surface area contributed by atoms with Crippen LogP contribution in [0.4, 0.5) is 11.4 Å². The average molecular weight is 251 g/mol. The van der Waals surface area contributed by atoms with Crippen LogP contribution >= 0.6 is 11.3 Å². The Morgan fingerprint density at radius 3 is 2.94 bits per heavy atom. The number of aryl methyl sites for hydroxylation is 1. The fourth-order valence-electron chi connectivity index (χ4n) is 1.71. The SMILES string of the molecule is Cc1nc2cc(N(C)CC(=O)O)c(N)cc2s1. The maximum atomic E-state index is 10.7. The lowest BCUT2D eigenvalue weighted by atomic mass is 10.2. The van der Waals surface area contributed by atoms with Gasteiger partial charge in [-0.05, 0) is 19.1 Å². The molecule has 1 aromatic heterocycles. The van der Waals surface area contributed by atoms with E-state index in [9.17, 15) is 4.79 Å². The molecule has 0 radical (unpaired) electrons. The normalized spacial score (nSPS) is 10.7. The van der Waals surface area contributed by atoms with Crippen LogP contribution in [0.5, 0.6) is 0 Å². The van der Waals surface area contributed by atoms with Gasteiger partial charge in [-0.1, -0.05) is 0 Å². The largest absolute Gasteiger partial charge is 0.480 e. The van der Waals surface area contributed by atoms with Gasteiger partial charge >= 0.3 is 5.97 Å². The molecule has 17 heavy (non-hydrogen) atoms. The second-order valence-electron chi connectivity index (χ2n) is 3.86. The molecule has 0 spiro atoms. The summed E-state index contributed by atoms with van der Waals surface area (Å²) in [5.74, 6) is -0.888. The molecule has 1 aromatic carbocycles. The summed E-state index contributed by atoms with van der Waals surface area (Å²) < 4.78 is 1.02. The molecule has 0 amide bonds. The maximum absolute atomic E-state index is 10.7. The van der Waals surface area contributed by atoms with Crippen molar-refractivity contribution in [1.29, 1.82) is 0 Å². The predicted octanol–water partition coefficient (Wildman–Crippen LogP) is 1.71. The van der Waals surface area contributed by atoms with Crippen molar-refractivity contribution in [2.45, 2.75) is 6.92 Å². The van der Waals surface area contributed by atoms with Crippen molar-refractivity contribution in [2.75, 3.05) is 24.2 Å². The first-order valence-electron chi connectivity index (χ1n) is 5.07. The summed E-state index contributed by atoms with van der Waals surface area (Å²) in [6.07, 6.45) is 0. The number of carbonyl (C=O) groups is 1. The Kier molecular flexibility index (Phi) is 2.89. The zero-order valence-corrected chi connectivity index (χ0v) is 10.4. The summed E-state index contributed by atoms with van der Waals surface area (Å²) in [5, 5.41) is 9.73. The van der Waals surface area contributed by atoms with Crippen LogP contribution in [0.1, 0.15) is 5.01 Å². The molecule has 1 heterocycles. The molecule has 0 aliphatic heterocycles. The number of nitrogens with two attached hydrogens (primary N) is 1. The van der Waals surface area contributed by atoms with Crippen molar-refractivity contribution >= 4 is 38.9 Å². The van der Waals surface area contributed by atoms with Gasteiger partial charge in [-0.25, -0.2) is 4.98 Å². The van der Waals surface area contributed by atoms with Gasteiger partial charge in [0.1, 0.15) is 6.54 Å². The molecule has 0 atom stereocenters. The maximum Gasteiger partial charge on any atom is 0.323 e. The Bertz CT molecular complexity index is 579. The standard InChI is InChI=1S/C11H13N3O2S/c1-6-13-8-4-9(14(2)5-11(15)16)7(12)3-10(8)17-6/h3-4H,5,12H2,1-2H3,(H,15,16).